The maximum atomic E-state index is 11.9. The second-order valence-corrected chi connectivity index (χ2v) is 7.00. The van der Waals surface area contributed by atoms with Crippen LogP contribution in [0.25, 0.3) is 0 Å². The molecule has 1 amide bonds. The number of likely N-dealkylation sites (N-methyl/N-ethyl adjacent to an activating group) is 1. The number of aliphatic hydroxyl groups is 1. The highest BCUT2D eigenvalue weighted by molar-refractivity contribution is 8.01. The Morgan fingerprint density at radius 2 is 2.12 bits per heavy atom. The fourth-order valence-corrected chi connectivity index (χ4v) is 2.37. The van der Waals surface area contributed by atoms with E-state index in [1.807, 2.05) is 0 Å². The fourth-order valence-electron chi connectivity index (χ4n) is 1.61. The molecule has 1 rings (SSSR count). The smallest absolute Gasteiger partial charge is 0.232 e. The molecular formula is C11H22N2O2S. The molecule has 0 bridgehead atoms. The first-order valence-electron chi connectivity index (χ1n) is 5.59. The summed E-state index contributed by atoms with van der Waals surface area (Å²) in [5, 5.41) is 12.8. The Labute approximate surface area is 102 Å². The molecule has 16 heavy (non-hydrogen) atoms. The van der Waals surface area contributed by atoms with Gasteiger partial charge in [0.15, 0.2) is 0 Å². The number of hydrogen-bond donors (Lipinski definition) is 2. The van der Waals surface area contributed by atoms with Crippen LogP contribution in [0.1, 0.15) is 20.8 Å². The molecule has 4 nitrogen and oxygen atoms in total. The van der Waals surface area contributed by atoms with Crippen molar-refractivity contribution in [2.24, 2.45) is 0 Å². The van der Waals surface area contributed by atoms with Gasteiger partial charge in [-0.15, -0.1) is 11.8 Å². The Balaban J connectivity index is 2.41. The molecule has 1 heterocycles. The minimum absolute atomic E-state index is 0.0759. The predicted molar refractivity (Wildman–Crippen MR) is 67.6 cm³/mol. The molecule has 0 aliphatic carbocycles. The van der Waals surface area contributed by atoms with Gasteiger partial charge in [0.1, 0.15) is 0 Å². The van der Waals surface area contributed by atoms with E-state index < -0.39 is 6.10 Å². The van der Waals surface area contributed by atoms with Gasteiger partial charge in [-0.25, -0.2) is 0 Å². The summed E-state index contributed by atoms with van der Waals surface area (Å²) in [4.78, 5) is 13.6. The normalized spacial score (nSPS) is 25.8. The maximum absolute atomic E-state index is 11.9. The Hall–Kier alpha value is -0.260. The summed E-state index contributed by atoms with van der Waals surface area (Å²) in [5.41, 5.74) is 0. The number of thioether (sulfide) groups is 1. The summed E-state index contributed by atoms with van der Waals surface area (Å²) < 4.78 is 0.100. The van der Waals surface area contributed by atoms with Gasteiger partial charge in [0.05, 0.1) is 17.9 Å². The van der Waals surface area contributed by atoms with E-state index in [9.17, 15) is 9.90 Å². The van der Waals surface area contributed by atoms with Gasteiger partial charge in [-0.2, -0.15) is 0 Å². The van der Waals surface area contributed by atoms with Crippen LogP contribution in [-0.2, 0) is 4.79 Å². The van der Waals surface area contributed by atoms with E-state index in [2.05, 4.69) is 26.1 Å². The zero-order chi connectivity index (χ0) is 12.3. The van der Waals surface area contributed by atoms with Gasteiger partial charge in [-0.3, -0.25) is 4.79 Å². The molecule has 0 unspecified atom stereocenters. The second kappa shape index (κ2) is 5.38. The zero-order valence-corrected chi connectivity index (χ0v) is 11.3. The average molecular weight is 246 g/mol. The van der Waals surface area contributed by atoms with Crippen LogP contribution in [0.3, 0.4) is 0 Å². The largest absolute Gasteiger partial charge is 0.390 e. The van der Waals surface area contributed by atoms with Crippen LogP contribution in [0.4, 0.5) is 0 Å². The molecule has 2 N–H and O–H groups in total. The Bertz CT molecular complexity index is 253. The maximum Gasteiger partial charge on any atom is 0.232 e. The average Bonchev–Trinajstić information content (AvgIpc) is 2.58. The van der Waals surface area contributed by atoms with Crippen molar-refractivity contribution >= 4 is 17.7 Å². The molecule has 0 spiro atoms. The number of carbonyl (C=O) groups is 1. The molecule has 0 saturated carbocycles. The molecule has 0 aromatic heterocycles. The number of nitrogens with one attached hydrogen (secondary N) is 1. The van der Waals surface area contributed by atoms with E-state index in [-0.39, 0.29) is 16.7 Å². The summed E-state index contributed by atoms with van der Waals surface area (Å²) >= 11 is 1.64. The third-order valence-electron chi connectivity index (χ3n) is 2.67. The Kier molecular flexibility index (Phi) is 4.64. The highest BCUT2D eigenvalue weighted by atomic mass is 32.2. The van der Waals surface area contributed by atoms with Gasteiger partial charge >= 0.3 is 0 Å². The van der Waals surface area contributed by atoms with E-state index in [1.54, 1.807) is 23.7 Å². The number of nitrogens with zero attached hydrogens (tertiary/aromatic N) is 1. The van der Waals surface area contributed by atoms with Crippen molar-refractivity contribution in [1.82, 2.24) is 10.2 Å². The Morgan fingerprint density at radius 3 is 2.56 bits per heavy atom. The highest BCUT2D eigenvalue weighted by Crippen LogP contribution is 2.23. The fraction of sp³-hybridized carbons (Fsp3) is 0.909. The third-order valence-corrected chi connectivity index (χ3v) is 3.93. The summed E-state index contributed by atoms with van der Waals surface area (Å²) in [6.45, 7) is 7.54. The molecule has 0 aromatic carbocycles. The van der Waals surface area contributed by atoms with Crippen molar-refractivity contribution in [3.8, 4) is 0 Å². The van der Waals surface area contributed by atoms with E-state index in [0.29, 0.717) is 18.8 Å². The van der Waals surface area contributed by atoms with Crippen LogP contribution in [0.5, 0.6) is 0 Å². The lowest BCUT2D eigenvalue weighted by Gasteiger charge is -2.27. The molecule has 1 saturated heterocycles. The minimum Gasteiger partial charge on any atom is -0.390 e. The van der Waals surface area contributed by atoms with Crippen molar-refractivity contribution < 1.29 is 9.90 Å². The lowest BCUT2D eigenvalue weighted by Crippen LogP contribution is -2.45. The first-order valence-corrected chi connectivity index (χ1v) is 6.58. The van der Waals surface area contributed by atoms with Gasteiger partial charge in [-0.1, -0.05) is 20.8 Å². The highest BCUT2D eigenvalue weighted by Gasteiger charge is 2.31. The molecule has 2 atom stereocenters. The SMILES string of the molecule is CN(C(=O)CSC(C)(C)C)[C@@H]1CNC[C@H]1O. The molecule has 1 fully saturated rings. The van der Waals surface area contributed by atoms with Gasteiger partial charge in [0, 0.05) is 24.9 Å². The number of hydrogen-bond acceptors (Lipinski definition) is 4. The zero-order valence-electron chi connectivity index (χ0n) is 10.5. The summed E-state index contributed by atoms with van der Waals surface area (Å²) in [6.07, 6.45) is -0.436. The molecule has 94 valence electrons. The number of carbonyl (C=O) groups excluding carboxylic acids is 1. The first-order chi connectivity index (χ1) is 7.31. The van der Waals surface area contributed by atoms with Crippen LogP contribution < -0.4 is 5.32 Å². The molecular weight excluding hydrogens is 224 g/mol. The van der Waals surface area contributed by atoms with Crippen LogP contribution in [0.15, 0.2) is 0 Å². The van der Waals surface area contributed by atoms with Crippen molar-refractivity contribution in [1.29, 1.82) is 0 Å². The second-order valence-electron chi connectivity index (χ2n) is 5.20. The van der Waals surface area contributed by atoms with Gasteiger partial charge < -0.3 is 15.3 Å². The lowest BCUT2D eigenvalue weighted by atomic mass is 10.2. The van der Waals surface area contributed by atoms with Crippen molar-refractivity contribution in [3.05, 3.63) is 0 Å². The van der Waals surface area contributed by atoms with E-state index >= 15 is 0 Å². The van der Waals surface area contributed by atoms with Gasteiger partial charge in [0.2, 0.25) is 5.91 Å². The van der Waals surface area contributed by atoms with E-state index in [1.165, 1.54) is 0 Å². The number of rotatable bonds is 3. The topological polar surface area (TPSA) is 52.6 Å². The third kappa shape index (κ3) is 3.96. The standard InChI is InChI=1S/C11H22N2O2S/c1-11(2,3)16-7-10(15)13(4)8-5-12-6-9(8)14/h8-9,12,14H,5-7H2,1-4H3/t8-,9-/m1/s1. The number of amides is 1. The summed E-state index contributed by atoms with van der Waals surface area (Å²) in [7, 11) is 1.77. The van der Waals surface area contributed by atoms with E-state index in [4.69, 9.17) is 0 Å². The molecule has 0 aromatic rings. The van der Waals surface area contributed by atoms with Gasteiger partial charge in [0.25, 0.3) is 0 Å². The number of aliphatic hydroxyl groups excluding tert-OH is 1. The number of β-amino-alcohol motifs (C(OH)–C–C–N with tert-alkyl or cyclic N) is 1. The monoisotopic (exact) mass is 246 g/mol. The summed E-state index contributed by atoms with van der Waals surface area (Å²) in [5.74, 6) is 0.566. The quantitative estimate of drug-likeness (QED) is 0.752. The predicted octanol–water partition coefficient (Wildman–Crippen LogP) is 0.309. The van der Waals surface area contributed by atoms with Gasteiger partial charge in [-0.05, 0) is 0 Å². The van der Waals surface area contributed by atoms with Crippen molar-refractivity contribution in [3.63, 3.8) is 0 Å². The molecule has 0 radical (unpaired) electrons. The van der Waals surface area contributed by atoms with E-state index in [0.717, 1.165) is 0 Å². The first kappa shape index (κ1) is 13.8. The van der Waals surface area contributed by atoms with Crippen LogP contribution in [-0.4, -0.2) is 58.7 Å². The molecule has 1 aliphatic rings. The summed E-state index contributed by atoms with van der Waals surface area (Å²) in [6, 6.07) is -0.0759. The Morgan fingerprint density at radius 1 is 1.50 bits per heavy atom. The van der Waals surface area contributed by atoms with Crippen molar-refractivity contribution in [2.45, 2.75) is 37.7 Å². The van der Waals surface area contributed by atoms with Crippen LogP contribution in [0.2, 0.25) is 0 Å². The lowest BCUT2D eigenvalue weighted by molar-refractivity contribution is -0.130. The van der Waals surface area contributed by atoms with Crippen LogP contribution in [0, 0.1) is 0 Å². The molecule has 5 heteroatoms. The van der Waals surface area contributed by atoms with Crippen molar-refractivity contribution in [2.75, 3.05) is 25.9 Å². The molecule has 1 aliphatic heterocycles. The van der Waals surface area contributed by atoms with Crippen LogP contribution >= 0.6 is 11.8 Å². The minimum atomic E-state index is -0.436.